The molecule has 2 heteroatoms. The summed E-state index contributed by atoms with van der Waals surface area (Å²) in [6.07, 6.45) is 4.99. The molecule has 0 aromatic rings. The Balaban J connectivity index is 0.000000531. The first-order valence-corrected chi connectivity index (χ1v) is 6.26. The van der Waals surface area contributed by atoms with Crippen molar-refractivity contribution < 1.29 is 5.21 Å². The van der Waals surface area contributed by atoms with Crippen molar-refractivity contribution in [3.05, 3.63) is 0 Å². The molecule has 2 aliphatic rings. The lowest BCUT2D eigenvalue weighted by Gasteiger charge is -2.41. The summed E-state index contributed by atoms with van der Waals surface area (Å²) in [5.41, 5.74) is 1.48. The lowest BCUT2D eigenvalue weighted by Crippen LogP contribution is -2.42. The molecule has 0 aromatic heterocycles. The lowest BCUT2D eigenvalue weighted by molar-refractivity contribution is 0.221. The van der Waals surface area contributed by atoms with Gasteiger partial charge in [-0.1, -0.05) is 39.8 Å². The molecule has 2 nitrogen and oxygen atoms in total. The van der Waals surface area contributed by atoms with Crippen LogP contribution in [-0.2, 0) is 0 Å². The van der Waals surface area contributed by atoms with Gasteiger partial charge in [0, 0.05) is 10.8 Å². The summed E-state index contributed by atoms with van der Waals surface area (Å²) in [6, 6.07) is 0. The van der Waals surface area contributed by atoms with Crippen LogP contribution >= 0.6 is 0 Å². The van der Waals surface area contributed by atoms with Crippen molar-refractivity contribution in [3.63, 3.8) is 0 Å². The highest BCUT2D eigenvalue weighted by molar-refractivity contribution is 5.97. The zero-order valence-electron chi connectivity index (χ0n) is 10.8. The minimum atomic E-state index is 0.101. The SMILES string of the molecule is CC.CC1CCC2(CC2)/C(=N\O)C1(C)C. The first-order chi connectivity index (χ1) is 7.03. The lowest BCUT2D eigenvalue weighted by atomic mass is 9.63. The maximum Gasteiger partial charge on any atom is 0.0690 e. The van der Waals surface area contributed by atoms with Crippen LogP contribution in [0.4, 0.5) is 0 Å². The summed E-state index contributed by atoms with van der Waals surface area (Å²) in [5.74, 6) is 0.643. The normalized spacial score (nSPS) is 33.4. The Morgan fingerprint density at radius 1 is 1.20 bits per heavy atom. The van der Waals surface area contributed by atoms with E-state index in [1.54, 1.807) is 0 Å². The van der Waals surface area contributed by atoms with Gasteiger partial charge in [-0.25, -0.2) is 0 Å². The topological polar surface area (TPSA) is 32.6 Å². The molecule has 2 aliphatic carbocycles. The second kappa shape index (κ2) is 4.15. The van der Waals surface area contributed by atoms with E-state index < -0.39 is 0 Å². The van der Waals surface area contributed by atoms with Crippen molar-refractivity contribution in [2.75, 3.05) is 0 Å². The van der Waals surface area contributed by atoms with Crippen molar-refractivity contribution in [3.8, 4) is 0 Å². The molecule has 1 atom stereocenters. The molecular formula is C13H25NO. The van der Waals surface area contributed by atoms with Crippen molar-refractivity contribution in [1.29, 1.82) is 0 Å². The zero-order valence-corrected chi connectivity index (χ0v) is 10.8. The van der Waals surface area contributed by atoms with Crippen LogP contribution in [0.5, 0.6) is 0 Å². The maximum atomic E-state index is 9.11. The molecule has 0 aliphatic heterocycles. The second-order valence-corrected chi connectivity index (χ2v) is 5.39. The van der Waals surface area contributed by atoms with Crippen molar-refractivity contribution in [2.24, 2.45) is 21.9 Å². The van der Waals surface area contributed by atoms with Crippen LogP contribution in [0.3, 0.4) is 0 Å². The monoisotopic (exact) mass is 211 g/mol. The maximum absolute atomic E-state index is 9.11. The first-order valence-electron chi connectivity index (χ1n) is 6.26. The smallest absolute Gasteiger partial charge is 0.0690 e. The molecule has 0 amide bonds. The molecule has 15 heavy (non-hydrogen) atoms. The third kappa shape index (κ3) is 1.91. The summed E-state index contributed by atoms with van der Waals surface area (Å²) in [6.45, 7) is 10.7. The van der Waals surface area contributed by atoms with E-state index in [1.807, 2.05) is 13.8 Å². The Bertz CT molecular complexity index is 251. The molecule has 1 unspecified atom stereocenters. The zero-order chi connectivity index (χ0) is 11.7. The Morgan fingerprint density at radius 2 is 1.73 bits per heavy atom. The Kier molecular flexibility index (Phi) is 3.47. The van der Waals surface area contributed by atoms with Gasteiger partial charge in [-0.3, -0.25) is 0 Å². The second-order valence-electron chi connectivity index (χ2n) is 5.39. The highest BCUT2D eigenvalue weighted by Crippen LogP contribution is 2.60. The molecule has 0 heterocycles. The number of hydrogen-bond donors (Lipinski definition) is 1. The summed E-state index contributed by atoms with van der Waals surface area (Å²) in [4.78, 5) is 0. The molecular weight excluding hydrogens is 186 g/mol. The predicted molar refractivity (Wildman–Crippen MR) is 64.4 cm³/mol. The average Bonchev–Trinajstić information content (AvgIpc) is 2.97. The van der Waals surface area contributed by atoms with Crippen LogP contribution in [0.1, 0.15) is 60.3 Å². The molecule has 2 fully saturated rings. The van der Waals surface area contributed by atoms with Crippen LogP contribution in [0.15, 0.2) is 5.16 Å². The summed E-state index contributed by atoms with van der Waals surface area (Å²) < 4.78 is 0. The van der Waals surface area contributed by atoms with E-state index in [0.717, 1.165) is 5.71 Å². The van der Waals surface area contributed by atoms with Crippen LogP contribution < -0.4 is 0 Å². The van der Waals surface area contributed by atoms with E-state index in [1.165, 1.54) is 25.7 Å². The van der Waals surface area contributed by atoms with E-state index in [9.17, 15) is 0 Å². The van der Waals surface area contributed by atoms with E-state index in [4.69, 9.17) is 5.21 Å². The van der Waals surface area contributed by atoms with Crippen LogP contribution in [0.25, 0.3) is 0 Å². The van der Waals surface area contributed by atoms with Gasteiger partial charge in [0.05, 0.1) is 5.71 Å². The van der Waals surface area contributed by atoms with Crippen LogP contribution in [0.2, 0.25) is 0 Å². The third-order valence-electron chi connectivity index (χ3n) is 4.35. The molecule has 0 bridgehead atoms. The predicted octanol–water partition coefficient (Wildman–Crippen LogP) is 4.08. The Labute approximate surface area is 93.8 Å². The van der Waals surface area contributed by atoms with Gasteiger partial charge in [-0.15, -0.1) is 0 Å². The Hall–Kier alpha value is -0.530. The van der Waals surface area contributed by atoms with Crippen molar-refractivity contribution in [1.82, 2.24) is 0 Å². The fourth-order valence-electron chi connectivity index (χ4n) is 2.76. The molecule has 0 saturated heterocycles. The van der Waals surface area contributed by atoms with Crippen LogP contribution in [0, 0.1) is 16.7 Å². The standard InChI is InChI=1S/C11H19NO.C2H6/c1-8-4-5-11(6-7-11)9(12-13)10(8,2)3;1-2/h8,13H,4-7H2,1-3H3;1-2H3/b12-9-;. The van der Waals surface area contributed by atoms with Gasteiger partial charge in [0.15, 0.2) is 0 Å². The largest absolute Gasteiger partial charge is 0.411 e. The third-order valence-corrected chi connectivity index (χ3v) is 4.35. The molecule has 1 N–H and O–H groups in total. The molecule has 88 valence electrons. The highest BCUT2D eigenvalue weighted by Gasteiger charge is 2.56. The van der Waals surface area contributed by atoms with Gasteiger partial charge in [-0.2, -0.15) is 0 Å². The molecule has 0 radical (unpaired) electrons. The molecule has 2 rings (SSSR count). The van der Waals surface area contributed by atoms with Gasteiger partial charge in [0.2, 0.25) is 0 Å². The average molecular weight is 211 g/mol. The van der Waals surface area contributed by atoms with Crippen LogP contribution in [-0.4, -0.2) is 10.9 Å². The number of oxime groups is 1. The fourth-order valence-corrected chi connectivity index (χ4v) is 2.76. The molecule has 2 saturated carbocycles. The molecule has 1 spiro atoms. The van der Waals surface area contributed by atoms with E-state index in [-0.39, 0.29) is 5.41 Å². The quantitative estimate of drug-likeness (QED) is 0.475. The van der Waals surface area contributed by atoms with E-state index in [0.29, 0.717) is 11.3 Å². The number of rotatable bonds is 0. The van der Waals surface area contributed by atoms with E-state index >= 15 is 0 Å². The first kappa shape index (κ1) is 12.5. The van der Waals surface area contributed by atoms with E-state index in [2.05, 4.69) is 25.9 Å². The Morgan fingerprint density at radius 3 is 2.13 bits per heavy atom. The van der Waals surface area contributed by atoms with Crippen molar-refractivity contribution in [2.45, 2.75) is 60.3 Å². The van der Waals surface area contributed by atoms with Crippen molar-refractivity contribution >= 4 is 5.71 Å². The number of nitrogens with zero attached hydrogens (tertiary/aromatic N) is 1. The number of hydrogen-bond acceptors (Lipinski definition) is 2. The summed E-state index contributed by atoms with van der Waals surface area (Å²) >= 11 is 0. The fraction of sp³-hybridized carbons (Fsp3) is 0.923. The van der Waals surface area contributed by atoms with Gasteiger partial charge >= 0.3 is 0 Å². The summed E-state index contributed by atoms with van der Waals surface area (Å²) in [7, 11) is 0. The minimum absolute atomic E-state index is 0.101. The van der Waals surface area contributed by atoms with Gasteiger partial charge in [0.1, 0.15) is 0 Å². The van der Waals surface area contributed by atoms with Gasteiger partial charge < -0.3 is 5.21 Å². The summed E-state index contributed by atoms with van der Waals surface area (Å²) in [5, 5.41) is 12.7. The highest BCUT2D eigenvalue weighted by atomic mass is 16.4. The minimum Gasteiger partial charge on any atom is -0.411 e. The molecule has 0 aromatic carbocycles. The van der Waals surface area contributed by atoms with Gasteiger partial charge in [-0.05, 0) is 31.6 Å². The van der Waals surface area contributed by atoms with Gasteiger partial charge in [0.25, 0.3) is 0 Å².